The second-order valence-corrected chi connectivity index (χ2v) is 20.0. The number of nitrogens with zero attached hydrogens (tertiary/aromatic N) is 4. The summed E-state index contributed by atoms with van der Waals surface area (Å²) in [5, 5.41) is 0. The number of esters is 3. The van der Waals surface area contributed by atoms with Crippen molar-refractivity contribution in [2.24, 2.45) is 49.6 Å². The van der Waals surface area contributed by atoms with E-state index in [-0.39, 0.29) is 48.4 Å². The van der Waals surface area contributed by atoms with Crippen LogP contribution in [0.5, 0.6) is 0 Å². The summed E-state index contributed by atoms with van der Waals surface area (Å²) >= 11 is 0. The lowest BCUT2D eigenvalue weighted by molar-refractivity contribution is -0.225. The van der Waals surface area contributed by atoms with Gasteiger partial charge in [0.15, 0.2) is 0 Å². The Bertz CT molecular complexity index is 2440. The number of hydrogen-bond donors (Lipinski definition) is 0. The molecule has 1 fully saturated rings. The zero-order valence-corrected chi connectivity index (χ0v) is 43.0. The first-order chi connectivity index (χ1) is 32.5. The number of cyclic esters (lactones) is 1. The highest BCUT2D eigenvalue weighted by Crippen LogP contribution is 2.48. The molecule has 0 aromatic rings. The van der Waals surface area contributed by atoms with Crippen LogP contribution >= 0.6 is 0 Å². The number of allylic oxidation sites excluding steroid dienone is 11. The van der Waals surface area contributed by atoms with E-state index in [1.807, 2.05) is 58.1 Å². The predicted molar refractivity (Wildman–Crippen MR) is 273 cm³/mol. The van der Waals surface area contributed by atoms with Gasteiger partial charge < -0.3 is 18.9 Å². The Hall–Kier alpha value is -5.29. The minimum atomic E-state index is -2.33. The average molecular weight is 929 g/mol. The van der Waals surface area contributed by atoms with Crippen LogP contribution in [0.4, 0.5) is 0 Å². The smallest absolute Gasteiger partial charge is 0.385 e. The van der Waals surface area contributed by atoms with E-state index in [2.05, 4.69) is 48.1 Å². The maximum atomic E-state index is 14.2. The Balaban J connectivity index is 1.27. The number of ether oxygens (including phenoxy) is 4. The summed E-state index contributed by atoms with van der Waals surface area (Å²) in [5.74, 6) is -2.82. The summed E-state index contributed by atoms with van der Waals surface area (Å²) < 4.78 is 23.5. The molecule has 6 rings (SSSR count). The molecule has 11 nitrogen and oxygen atoms in total. The fourth-order valence-electron chi connectivity index (χ4n) is 10.3. The number of carbonyl (C=O) groups is 3. The van der Waals surface area contributed by atoms with Crippen LogP contribution in [0, 0.1) is 29.6 Å². The van der Waals surface area contributed by atoms with Gasteiger partial charge in [0.25, 0.3) is 0 Å². The number of rotatable bonds is 22. The third kappa shape index (κ3) is 11.2. The van der Waals surface area contributed by atoms with Crippen LogP contribution in [0.2, 0.25) is 0 Å². The van der Waals surface area contributed by atoms with Crippen LogP contribution in [-0.2, 0) is 33.3 Å². The van der Waals surface area contributed by atoms with Crippen molar-refractivity contribution in [2.45, 2.75) is 159 Å². The molecular weight excluding hydrogens is 853 g/mol. The highest BCUT2D eigenvalue weighted by Gasteiger charge is 2.60. The molecular formula is C57H76N4O7. The van der Waals surface area contributed by atoms with Crippen molar-refractivity contribution in [2.75, 3.05) is 20.3 Å². The lowest BCUT2D eigenvalue weighted by Gasteiger charge is -2.37. The molecule has 8 bridgehead atoms. The van der Waals surface area contributed by atoms with Crippen molar-refractivity contribution in [1.82, 2.24) is 0 Å². The number of fused-ring (bicyclic) bond motifs is 4. The summed E-state index contributed by atoms with van der Waals surface area (Å²) in [6.07, 6.45) is 21.9. The fraction of sp³-hybridized carbons (Fsp3) is 0.561. The Labute approximate surface area is 405 Å². The molecule has 5 atom stereocenters. The second kappa shape index (κ2) is 22.9. The Morgan fingerprint density at radius 3 is 2.12 bits per heavy atom. The standard InChI is InChI=1S/C57H76N4O7/c1-14-41-37(9)44-30-46-39(11)43(26-27-50(62)66-29-28-36(8)25-19-24-35(7)23-18-22-34(6)21-17-20-33(4)5)53(60-46)52-54-51(55(63)68-57(52,67-16-3)56(64)65-13)40(12)47(61-54)32-49-42(15-2)38(10)45(59-49)31-48(41)58-44/h14,28,30-35,39,43H,1,15-27,29H2,2-13H3. The van der Waals surface area contributed by atoms with Crippen LogP contribution in [0.25, 0.3) is 0 Å². The van der Waals surface area contributed by atoms with Crippen molar-refractivity contribution in [3.8, 4) is 0 Å². The first kappa shape index (κ1) is 52.1. The fourth-order valence-corrected chi connectivity index (χ4v) is 10.3. The molecule has 68 heavy (non-hydrogen) atoms. The Morgan fingerprint density at radius 1 is 0.838 bits per heavy atom. The minimum Gasteiger partial charge on any atom is -0.464 e. The molecule has 6 heterocycles. The molecule has 0 aliphatic carbocycles. The molecule has 11 heteroatoms. The van der Waals surface area contributed by atoms with Gasteiger partial charge in [0, 0.05) is 36.1 Å². The van der Waals surface area contributed by atoms with Gasteiger partial charge >= 0.3 is 23.7 Å². The number of carbonyl (C=O) groups excluding carboxylic acids is 3. The lowest BCUT2D eigenvalue weighted by Crippen LogP contribution is -2.55. The SMILES string of the molecule is C=CC1=C(C)C2=CC3=NC(=C4C5=NC(=CC6=NC(=CC1=N2)C(C)=C6CC)C(C)=C5C(=O)OC4(OCC)C(=O)OC)C(CCC(=O)OCC=C(C)CCCC(C)CCCC(C)CCCC(C)C)C3C. The van der Waals surface area contributed by atoms with E-state index >= 15 is 0 Å². The molecule has 0 spiro atoms. The van der Waals surface area contributed by atoms with E-state index in [1.165, 1.54) is 57.6 Å². The summed E-state index contributed by atoms with van der Waals surface area (Å²) in [4.78, 5) is 62.5. The van der Waals surface area contributed by atoms with Crippen LogP contribution in [-0.4, -0.2) is 66.9 Å². The molecule has 0 aromatic carbocycles. The van der Waals surface area contributed by atoms with E-state index in [9.17, 15) is 14.4 Å². The number of methoxy groups -OCH3 is 1. The zero-order valence-electron chi connectivity index (χ0n) is 43.0. The summed E-state index contributed by atoms with van der Waals surface area (Å²) in [5.41, 5.74) is 10.8. The van der Waals surface area contributed by atoms with Crippen molar-refractivity contribution in [1.29, 1.82) is 0 Å². The van der Waals surface area contributed by atoms with E-state index in [0.717, 1.165) is 58.4 Å². The van der Waals surface area contributed by atoms with E-state index in [1.54, 1.807) is 6.92 Å². The largest absolute Gasteiger partial charge is 0.464 e. The number of hydrogen-bond acceptors (Lipinski definition) is 11. The molecule has 6 aliphatic rings. The van der Waals surface area contributed by atoms with Crippen LogP contribution in [0.1, 0.15) is 153 Å². The van der Waals surface area contributed by atoms with Gasteiger partial charge in [0.2, 0.25) is 0 Å². The molecule has 0 saturated carbocycles. The quantitative estimate of drug-likeness (QED) is 0.0598. The minimum absolute atomic E-state index is 0.00786. The topological polar surface area (TPSA) is 138 Å². The van der Waals surface area contributed by atoms with Crippen molar-refractivity contribution >= 4 is 40.8 Å². The molecule has 6 aliphatic heterocycles. The van der Waals surface area contributed by atoms with Crippen molar-refractivity contribution in [3.63, 3.8) is 0 Å². The third-order valence-corrected chi connectivity index (χ3v) is 14.5. The van der Waals surface area contributed by atoms with Gasteiger partial charge in [-0.15, -0.1) is 0 Å². The van der Waals surface area contributed by atoms with E-state index in [4.69, 9.17) is 38.9 Å². The van der Waals surface area contributed by atoms with Gasteiger partial charge in [-0.2, -0.15) is 0 Å². The third-order valence-electron chi connectivity index (χ3n) is 14.5. The van der Waals surface area contributed by atoms with Crippen LogP contribution in [0.15, 0.2) is 124 Å². The van der Waals surface area contributed by atoms with Gasteiger partial charge in [0.05, 0.1) is 58.2 Å². The molecule has 366 valence electrons. The van der Waals surface area contributed by atoms with Gasteiger partial charge in [0.1, 0.15) is 6.61 Å². The van der Waals surface area contributed by atoms with Gasteiger partial charge in [-0.1, -0.05) is 105 Å². The van der Waals surface area contributed by atoms with E-state index in [0.29, 0.717) is 52.8 Å². The van der Waals surface area contributed by atoms with E-state index < -0.39 is 23.6 Å². The molecule has 0 aromatic heterocycles. The summed E-state index contributed by atoms with van der Waals surface area (Å²) in [6, 6.07) is 0. The lowest BCUT2D eigenvalue weighted by atomic mass is 9.80. The van der Waals surface area contributed by atoms with Gasteiger partial charge in [-0.05, 0) is 125 Å². The molecule has 0 N–H and O–H groups in total. The molecule has 1 saturated heterocycles. The maximum absolute atomic E-state index is 14.2. The van der Waals surface area contributed by atoms with Crippen molar-refractivity contribution in [3.05, 3.63) is 104 Å². The molecule has 0 radical (unpaired) electrons. The van der Waals surface area contributed by atoms with Crippen LogP contribution < -0.4 is 0 Å². The summed E-state index contributed by atoms with van der Waals surface area (Å²) in [6.45, 7) is 27.5. The second-order valence-electron chi connectivity index (χ2n) is 20.0. The first-order valence-corrected chi connectivity index (χ1v) is 25.3. The summed E-state index contributed by atoms with van der Waals surface area (Å²) in [7, 11) is 1.22. The van der Waals surface area contributed by atoms with Gasteiger partial charge in [-0.25, -0.2) is 24.6 Å². The van der Waals surface area contributed by atoms with Crippen LogP contribution in [0.3, 0.4) is 0 Å². The average Bonchev–Trinajstić information content (AvgIpc) is 3.97. The van der Waals surface area contributed by atoms with Gasteiger partial charge in [-0.3, -0.25) is 9.79 Å². The maximum Gasteiger partial charge on any atom is 0.385 e. The molecule has 0 amide bonds. The Kier molecular flexibility index (Phi) is 17.5. The highest BCUT2D eigenvalue weighted by atomic mass is 16.7. The highest BCUT2D eigenvalue weighted by molar-refractivity contribution is 6.34. The monoisotopic (exact) mass is 929 g/mol. The Morgan fingerprint density at radius 2 is 1.47 bits per heavy atom. The predicted octanol–water partition coefficient (Wildman–Crippen LogP) is 12.7. The van der Waals surface area contributed by atoms with Crippen molar-refractivity contribution < 1.29 is 33.3 Å². The number of aliphatic imine (C=N–C) groups is 4. The normalized spacial score (nSPS) is 23.3. The first-order valence-electron chi connectivity index (χ1n) is 25.3. The molecule has 5 unspecified atom stereocenters. The zero-order chi connectivity index (χ0) is 49.4.